The van der Waals surface area contributed by atoms with Crippen molar-refractivity contribution in [1.82, 2.24) is 4.90 Å². The molecule has 1 N–H and O–H groups in total. The Balaban J connectivity index is 1.91. The summed E-state index contributed by atoms with van der Waals surface area (Å²) in [5.41, 5.74) is 0.605. The molecule has 2 atom stereocenters. The molecule has 0 unspecified atom stereocenters. The minimum Gasteiger partial charge on any atom is -0.479 e. The third-order valence-electron chi connectivity index (χ3n) is 3.52. The monoisotopic (exact) mass is 347 g/mol. The first-order chi connectivity index (χ1) is 11.2. The van der Waals surface area contributed by atoms with Crippen LogP contribution in [0.3, 0.4) is 0 Å². The highest BCUT2D eigenvalue weighted by molar-refractivity contribution is 5.82. The van der Waals surface area contributed by atoms with E-state index in [-0.39, 0.29) is 24.6 Å². The highest BCUT2D eigenvalue weighted by Crippen LogP contribution is 2.24. The molecule has 0 aromatic heterocycles. The standard InChI is InChI=1S/C15H16F3NO5/c1-19(13(20)11-6-7-12(23-11)14(21)22)8-9-2-4-10(5-3-9)24-15(16,17)18/h2-5,11-12H,6-8H2,1H3,(H,21,22)/t11-,12+/m0/s1. The van der Waals surface area contributed by atoms with E-state index < -0.39 is 24.5 Å². The van der Waals surface area contributed by atoms with Gasteiger partial charge in [-0.15, -0.1) is 13.2 Å². The summed E-state index contributed by atoms with van der Waals surface area (Å²) in [4.78, 5) is 24.4. The number of carbonyl (C=O) groups is 2. The second-order valence-corrected chi connectivity index (χ2v) is 5.42. The number of amides is 1. The van der Waals surface area contributed by atoms with E-state index in [1.165, 1.54) is 24.1 Å². The zero-order valence-electron chi connectivity index (χ0n) is 12.7. The van der Waals surface area contributed by atoms with Crippen LogP contribution in [0.25, 0.3) is 0 Å². The van der Waals surface area contributed by atoms with Gasteiger partial charge in [0.1, 0.15) is 11.9 Å². The van der Waals surface area contributed by atoms with Gasteiger partial charge in [-0.2, -0.15) is 0 Å². The summed E-state index contributed by atoms with van der Waals surface area (Å²) in [6, 6.07) is 5.15. The number of nitrogens with zero attached hydrogens (tertiary/aromatic N) is 1. The van der Waals surface area contributed by atoms with Crippen molar-refractivity contribution in [2.75, 3.05) is 7.05 Å². The van der Waals surface area contributed by atoms with E-state index in [1.807, 2.05) is 0 Å². The molecule has 1 amide bonds. The summed E-state index contributed by atoms with van der Waals surface area (Å²) in [5.74, 6) is -1.81. The Labute approximate surface area is 135 Å². The minimum absolute atomic E-state index is 0.155. The van der Waals surface area contributed by atoms with Crippen molar-refractivity contribution in [3.8, 4) is 5.75 Å². The molecule has 0 spiro atoms. The minimum atomic E-state index is -4.76. The second-order valence-electron chi connectivity index (χ2n) is 5.42. The van der Waals surface area contributed by atoms with Crippen molar-refractivity contribution < 1.29 is 37.3 Å². The van der Waals surface area contributed by atoms with Crippen LogP contribution in [0.1, 0.15) is 18.4 Å². The lowest BCUT2D eigenvalue weighted by atomic mass is 10.1. The number of ether oxygens (including phenoxy) is 2. The number of carboxylic acid groups (broad SMARTS) is 1. The number of aliphatic carboxylic acids is 1. The van der Waals surface area contributed by atoms with E-state index in [0.717, 1.165) is 12.1 Å². The molecule has 1 saturated heterocycles. The Morgan fingerprint density at radius 2 is 1.83 bits per heavy atom. The number of alkyl halides is 3. The van der Waals surface area contributed by atoms with E-state index >= 15 is 0 Å². The van der Waals surface area contributed by atoms with E-state index in [2.05, 4.69) is 4.74 Å². The lowest BCUT2D eigenvalue weighted by Crippen LogP contribution is -2.36. The fourth-order valence-electron chi connectivity index (χ4n) is 2.39. The average Bonchev–Trinajstić information content (AvgIpc) is 2.97. The van der Waals surface area contributed by atoms with Crippen LogP contribution in [0, 0.1) is 0 Å². The molecule has 2 rings (SSSR count). The van der Waals surface area contributed by atoms with Crippen molar-refractivity contribution in [2.24, 2.45) is 0 Å². The first-order valence-corrected chi connectivity index (χ1v) is 7.13. The number of rotatable bonds is 5. The zero-order valence-corrected chi connectivity index (χ0v) is 12.7. The van der Waals surface area contributed by atoms with Gasteiger partial charge in [0.15, 0.2) is 6.10 Å². The Bertz CT molecular complexity index is 602. The van der Waals surface area contributed by atoms with Gasteiger partial charge in [0, 0.05) is 13.6 Å². The Hall–Kier alpha value is -2.29. The quantitative estimate of drug-likeness (QED) is 0.884. The van der Waals surface area contributed by atoms with E-state index in [9.17, 15) is 22.8 Å². The number of carboxylic acids is 1. The van der Waals surface area contributed by atoms with Gasteiger partial charge >= 0.3 is 12.3 Å². The maximum atomic E-state index is 12.2. The van der Waals surface area contributed by atoms with Crippen molar-refractivity contribution in [3.63, 3.8) is 0 Å². The van der Waals surface area contributed by atoms with Crippen LogP contribution >= 0.6 is 0 Å². The molecule has 132 valence electrons. The van der Waals surface area contributed by atoms with Gasteiger partial charge in [-0.3, -0.25) is 4.79 Å². The molecule has 1 aliphatic heterocycles. The Morgan fingerprint density at radius 3 is 2.33 bits per heavy atom. The molecule has 0 radical (unpaired) electrons. The van der Waals surface area contributed by atoms with Crippen molar-refractivity contribution in [2.45, 2.75) is 38.0 Å². The lowest BCUT2D eigenvalue weighted by Gasteiger charge is -2.21. The zero-order chi connectivity index (χ0) is 17.9. The topological polar surface area (TPSA) is 76.1 Å². The molecular weight excluding hydrogens is 331 g/mol. The SMILES string of the molecule is CN(Cc1ccc(OC(F)(F)F)cc1)C(=O)[C@@H]1CC[C@H](C(=O)O)O1. The molecule has 1 aromatic rings. The van der Waals surface area contributed by atoms with Gasteiger partial charge in [0.25, 0.3) is 5.91 Å². The summed E-state index contributed by atoms with van der Waals surface area (Å²) >= 11 is 0. The molecule has 1 aliphatic rings. The summed E-state index contributed by atoms with van der Waals surface area (Å²) in [5, 5.41) is 8.85. The summed E-state index contributed by atoms with van der Waals surface area (Å²) < 4.78 is 45.2. The number of benzene rings is 1. The summed E-state index contributed by atoms with van der Waals surface area (Å²) in [6.45, 7) is 0.155. The van der Waals surface area contributed by atoms with Crippen molar-refractivity contribution in [1.29, 1.82) is 0 Å². The third-order valence-corrected chi connectivity index (χ3v) is 3.52. The molecule has 0 saturated carbocycles. The van der Waals surface area contributed by atoms with E-state index in [4.69, 9.17) is 9.84 Å². The normalized spacial score (nSPS) is 20.7. The fraction of sp³-hybridized carbons (Fsp3) is 0.467. The molecule has 1 fully saturated rings. The molecule has 24 heavy (non-hydrogen) atoms. The van der Waals surface area contributed by atoms with Crippen LogP contribution in [-0.2, 0) is 20.9 Å². The molecule has 1 heterocycles. The Morgan fingerprint density at radius 1 is 1.25 bits per heavy atom. The maximum Gasteiger partial charge on any atom is 0.573 e. The third kappa shape index (κ3) is 4.85. The number of halogens is 3. The van der Waals surface area contributed by atoms with Gasteiger partial charge < -0.3 is 19.5 Å². The van der Waals surface area contributed by atoms with Gasteiger partial charge in [-0.05, 0) is 30.5 Å². The predicted molar refractivity (Wildman–Crippen MR) is 75.1 cm³/mol. The number of likely N-dealkylation sites (N-methyl/N-ethyl adjacent to an activating group) is 1. The molecule has 9 heteroatoms. The van der Waals surface area contributed by atoms with E-state index in [0.29, 0.717) is 12.0 Å². The predicted octanol–water partition coefficient (Wildman–Crippen LogP) is 2.18. The summed E-state index contributed by atoms with van der Waals surface area (Å²) in [6.07, 6.45) is -5.97. The van der Waals surface area contributed by atoms with Crippen LogP contribution in [0.4, 0.5) is 13.2 Å². The maximum absolute atomic E-state index is 12.2. The average molecular weight is 347 g/mol. The molecule has 6 nitrogen and oxygen atoms in total. The largest absolute Gasteiger partial charge is 0.573 e. The number of carbonyl (C=O) groups excluding carboxylic acids is 1. The molecular formula is C15H16F3NO5. The van der Waals surface area contributed by atoms with Gasteiger partial charge in [-0.1, -0.05) is 12.1 Å². The highest BCUT2D eigenvalue weighted by Gasteiger charge is 2.36. The number of hydrogen-bond acceptors (Lipinski definition) is 4. The van der Waals surface area contributed by atoms with Gasteiger partial charge in [0.05, 0.1) is 0 Å². The van der Waals surface area contributed by atoms with Gasteiger partial charge in [0.2, 0.25) is 0 Å². The van der Waals surface area contributed by atoms with Crippen LogP contribution < -0.4 is 4.74 Å². The highest BCUT2D eigenvalue weighted by atomic mass is 19.4. The van der Waals surface area contributed by atoms with Gasteiger partial charge in [-0.25, -0.2) is 4.79 Å². The van der Waals surface area contributed by atoms with Crippen LogP contribution in [0.15, 0.2) is 24.3 Å². The fourth-order valence-corrected chi connectivity index (χ4v) is 2.39. The van der Waals surface area contributed by atoms with Crippen LogP contribution in [0.2, 0.25) is 0 Å². The van der Waals surface area contributed by atoms with Crippen molar-refractivity contribution in [3.05, 3.63) is 29.8 Å². The molecule has 0 aliphatic carbocycles. The smallest absolute Gasteiger partial charge is 0.479 e. The lowest BCUT2D eigenvalue weighted by molar-refractivity contribution is -0.274. The molecule has 0 bridgehead atoms. The summed E-state index contributed by atoms with van der Waals surface area (Å²) in [7, 11) is 1.51. The second kappa shape index (κ2) is 7.08. The molecule has 1 aromatic carbocycles. The number of hydrogen-bond donors (Lipinski definition) is 1. The Kier molecular flexibility index (Phi) is 5.33. The first-order valence-electron chi connectivity index (χ1n) is 7.13. The van der Waals surface area contributed by atoms with Crippen LogP contribution in [-0.4, -0.2) is 47.5 Å². The van der Waals surface area contributed by atoms with Crippen molar-refractivity contribution >= 4 is 11.9 Å². The first kappa shape index (κ1) is 18.1. The van der Waals surface area contributed by atoms with Crippen LogP contribution in [0.5, 0.6) is 5.75 Å². The van der Waals surface area contributed by atoms with E-state index in [1.54, 1.807) is 0 Å².